The summed E-state index contributed by atoms with van der Waals surface area (Å²) in [5.74, 6) is 0. The van der Waals surface area contributed by atoms with Gasteiger partial charge >= 0.3 is 0 Å². The maximum absolute atomic E-state index is 7.20. The van der Waals surface area contributed by atoms with Crippen molar-refractivity contribution in [2.45, 2.75) is 0 Å². The normalized spacial score (nSPS) is 11.3. The minimum Gasteiger partial charge on any atom is -0.453 e. The minimum absolute atomic E-state index is 0.843. The van der Waals surface area contributed by atoms with Crippen molar-refractivity contribution in [2.24, 2.45) is 0 Å². The first kappa shape index (κ1) is 35.2. The van der Waals surface area contributed by atoms with E-state index in [2.05, 4.69) is 241 Å². The van der Waals surface area contributed by atoms with Crippen molar-refractivity contribution in [1.29, 1.82) is 0 Å². The van der Waals surface area contributed by atoms with Gasteiger partial charge in [-0.15, -0.1) is 0 Å². The summed E-state index contributed by atoms with van der Waals surface area (Å²) in [5.41, 5.74) is 16.5. The van der Waals surface area contributed by atoms with Crippen LogP contribution in [0.4, 0.5) is 17.1 Å². The van der Waals surface area contributed by atoms with Crippen molar-refractivity contribution in [2.75, 3.05) is 4.90 Å². The summed E-state index contributed by atoms with van der Waals surface area (Å²) in [5, 5.41) is 4.44. The van der Waals surface area contributed by atoms with Crippen LogP contribution in [0.5, 0.6) is 0 Å². The molecule has 0 bridgehead atoms. The van der Waals surface area contributed by atoms with Crippen LogP contribution in [0.2, 0.25) is 0 Å². The van der Waals surface area contributed by atoms with Crippen LogP contribution in [0.1, 0.15) is 0 Å². The molecular weight excluding hydrogens is 727 g/mol. The molecule has 1 heterocycles. The van der Waals surface area contributed by atoms with E-state index in [1.54, 1.807) is 0 Å². The molecule has 60 heavy (non-hydrogen) atoms. The van der Waals surface area contributed by atoms with Gasteiger partial charge in [0.1, 0.15) is 5.58 Å². The Bertz CT molecular complexity index is 3180. The second kappa shape index (κ2) is 15.1. The Morgan fingerprint density at radius 2 is 0.733 bits per heavy atom. The van der Waals surface area contributed by atoms with Crippen LogP contribution < -0.4 is 4.90 Å². The van der Waals surface area contributed by atoms with Gasteiger partial charge < -0.3 is 9.32 Å². The molecule has 0 spiro atoms. The highest BCUT2D eigenvalue weighted by Crippen LogP contribution is 2.47. The predicted molar refractivity (Wildman–Crippen MR) is 253 cm³/mol. The van der Waals surface area contributed by atoms with E-state index in [0.717, 1.165) is 60.9 Å². The molecule has 0 amide bonds. The van der Waals surface area contributed by atoms with Gasteiger partial charge in [-0.3, -0.25) is 0 Å². The quantitative estimate of drug-likeness (QED) is 0.153. The second-order valence-corrected chi connectivity index (χ2v) is 15.3. The molecule has 0 saturated heterocycles. The van der Waals surface area contributed by atoms with Crippen LogP contribution in [-0.4, -0.2) is 0 Å². The van der Waals surface area contributed by atoms with Gasteiger partial charge in [-0.2, -0.15) is 0 Å². The monoisotopic (exact) mass is 765 g/mol. The van der Waals surface area contributed by atoms with E-state index < -0.39 is 0 Å². The van der Waals surface area contributed by atoms with E-state index in [0.29, 0.717) is 0 Å². The van der Waals surface area contributed by atoms with Gasteiger partial charge in [0.05, 0.1) is 5.69 Å². The Kier molecular flexibility index (Phi) is 8.87. The smallest absolute Gasteiger partial charge is 0.160 e. The second-order valence-electron chi connectivity index (χ2n) is 15.3. The fourth-order valence-electron chi connectivity index (χ4n) is 8.66. The van der Waals surface area contributed by atoms with Gasteiger partial charge in [-0.1, -0.05) is 194 Å². The SMILES string of the molecule is c1ccc(-c2ccc(-c3cccc(-c4ccc(N(c5ccc(-c6ccccc6)cc5)c5ccc(-c6ccccc6)cc5)c5oc6c7ccccc7ccc6c45)c3)cc2)cc1. The first-order chi connectivity index (χ1) is 29.7. The zero-order valence-corrected chi connectivity index (χ0v) is 32.9. The van der Waals surface area contributed by atoms with E-state index >= 15 is 0 Å². The minimum atomic E-state index is 0.843. The Balaban J connectivity index is 1.10. The molecule has 0 N–H and O–H groups in total. The van der Waals surface area contributed by atoms with Gasteiger partial charge in [-0.25, -0.2) is 0 Å². The van der Waals surface area contributed by atoms with Crippen LogP contribution in [-0.2, 0) is 0 Å². The summed E-state index contributed by atoms with van der Waals surface area (Å²) in [6, 6.07) is 84.6. The Morgan fingerprint density at radius 1 is 0.283 bits per heavy atom. The molecule has 0 atom stereocenters. The molecule has 2 nitrogen and oxygen atoms in total. The van der Waals surface area contributed by atoms with Crippen molar-refractivity contribution < 1.29 is 4.42 Å². The molecule has 0 aliphatic heterocycles. The highest BCUT2D eigenvalue weighted by atomic mass is 16.3. The molecule has 282 valence electrons. The lowest BCUT2D eigenvalue weighted by atomic mass is 9.94. The number of hydrogen-bond donors (Lipinski definition) is 0. The molecule has 11 aromatic rings. The fraction of sp³-hybridized carbons (Fsp3) is 0. The van der Waals surface area contributed by atoms with Crippen LogP contribution in [0.3, 0.4) is 0 Å². The summed E-state index contributed by atoms with van der Waals surface area (Å²) in [7, 11) is 0. The third-order valence-electron chi connectivity index (χ3n) is 11.7. The molecule has 11 rings (SSSR count). The lowest BCUT2D eigenvalue weighted by molar-refractivity contribution is 0.673. The first-order valence-corrected chi connectivity index (χ1v) is 20.5. The third-order valence-corrected chi connectivity index (χ3v) is 11.7. The zero-order valence-electron chi connectivity index (χ0n) is 32.9. The van der Waals surface area contributed by atoms with Crippen LogP contribution in [0.15, 0.2) is 241 Å². The maximum Gasteiger partial charge on any atom is 0.160 e. The Labute approximate surface area is 349 Å². The van der Waals surface area contributed by atoms with Crippen LogP contribution in [0.25, 0.3) is 88.3 Å². The van der Waals surface area contributed by atoms with Gasteiger partial charge in [-0.05, 0) is 103 Å². The summed E-state index contributed by atoms with van der Waals surface area (Å²) in [6.07, 6.45) is 0. The summed E-state index contributed by atoms with van der Waals surface area (Å²) in [6.45, 7) is 0. The lowest BCUT2D eigenvalue weighted by Crippen LogP contribution is -2.10. The Morgan fingerprint density at radius 3 is 1.30 bits per heavy atom. The fourth-order valence-corrected chi connectivity index (χ4v) is 8.66. The molecule has 0 radical (unpaired) electrons. The molecule has 0 aliphatic carbocycles. The molecule has 10 aromatic carbocycles. The zero-order chi connectivity index (χ0) is 39.8. The molecule has 1 aromatic heterocycles. The van der Waals surface area contributed by atoms with Crippen LogP contribution in [0, 0.1) is 0 Å². The topological polar surface area (TPSA) is 16.4 Å². The van der Waals surface area contributed by atoms with Crippen molar-refractivity contribution in [3.63, 3.8) is 0 Å². The van der Waals surface area contributed by atoms with Crippen LogP contribution >= 0.6 is 0 Å². The number of benzene rings is 10. The van der Waals surface area contributed by atoms with E-state index in [9.17, 15) is 0 Å². The van der Waals surface area contributed by atoms with E-state index in [4.69, 9.17) is 4.42 Å². The van der Waals surface area contributed by atoms with E-state index in [1.807, 2.05) is 0 Å². The Hall–Kier alpha value is -7.94. The third kappa shape index (κ3) is 6.41. The van der Waals surface area contributed by atoms with Crippen molar-refractivity contribution in [3.05, 3.63) is 237 Å². The molecule has 0 unspecified atom stereocenters. The summed E-state index contributed by atoms with van der Waals surface area (Å²) >= 11 is 0. The number of rotatable bonds is 8. The van der Waals surface area contributed by atoms with Crippen molar-refractivity contribution in [3.8, 4) is 55.6 Å². The molecule has 2 heteroatoms. The summed E-state index contributed by atoms with van der Waals surface area (Å²) < 4.78 is 7.20. The number of hydrogen-bond acceptors (Lipinski definition) is 2. The largest absolute Gasteiger partial charge is 0.453 e. The average Bonchev–Trinajstić information content (AvgIpc) is 3.74. The van der Waals surface area contributed by atoms with Gasteiger partial charge in [0.2, 0.25) is 0 Å². The van der Waals surface area contributed by atoms with Crippen molar-refractivity contribution in [1.82, 2.24) is 0 Å². The van der Waals surface area contributed by atoms with E-state index in [-0.39, 0.29) is 0 Å². The predicted octanol–water partition coefficient (Wildman–Crippen LogP) is 16.5. The number of furan rings is 1. The molecule has 0 aliphatic rings. The first-order valence-electron chi connectivity index (χ1n) is 20.5. The molecule has 0 saturated carbocycles. The highest BCUT2D eigenvalue weighted by molar-refractivity contribution is 6.22. The lowest BCUT2D eigenvalue weighted by Gasteiger charge is -2.26. The van der Waals surface area contributed by atoms with Gasteiger partial charge in [0, 0.05) is 27.5 Å². The number of fused-ring (bicyclic) bond motifs is 5. The standard InChI is InChI=1S/C58H39NO/c1-4-13-40(14-5-1)43-23-25-46(26-24-43)48-20-12-21-49(39-48)52-37-38-55(58-56(52)54-36-31-47-19-10-11-22-53(47)57(54)60-58)59(50-32-27-44(28-33-50)41-15-6-2-7-16-41)51-34-29-45(30-35-51)42-17-8-3-9-18-42/h1-39H. The number of nitrogens with zero attached hydrogens (tertiary/aromatic N) is 1. The van der Waals surface area contributed by atoms with E-state index in [1.165, 1.54) is 44.5 Å². The highest BCUT2D eigenvalue weighted by Gasteiger charge is 2.23. The maximum atomic E-state index is 7.20. The average molecular weight is 766 g/mol. The molecule has 0 fully saturated rings. The molecular formula is C58H39NO. The van der Waals surface area contributed by atoms with Gasteiger partial charge in [0.15, 0.2) is 5.58 Å². The van der Waals surface area contributed by atoms with Crippen molar-refractivity contribution >= 4 is 49.8 Å². The van der Waals surface area contributed by atoms with Gasteiger partial charge in [0.25, 0.3) is 0 Å². The number of anilines is 3. The summed E-state index contributed by atoms with van der Waals surface area (Å²) in [4.78, 5) is 2.34.